The van der Waals surface area contributed by atoms with Gasteiger partial charge in [0.25, 0.3) is 0 Å². The number of halogens is 1. The van der Waals surface area contributed by atoms with E-state index in [-0.39, 0.29) is 0 Å². The fraction of sp³-hybridized carbons (Fsp3) is 0.429. The van der Waals surface area contributed by atoms with Crippen molar-refractivity contribution >= 4 is 67.4 Å². The second kappa shape index (κ2) is 13.5. The highest BCUT2D eigenvalue weighted by Crippen LogP contribution is 2.39. The Bertz CT molecular complexity index is 2070. The van der Waals surface area contributed by atoms with E-state index in [1.54, 1.807) is 0 Å². The fourth-order valence-corrected chi connectivity index (χ4v) is 11.8. The maximum Gasteiger partial charge on any atom is 0.240 e. The van der Waals surface area contributed by atoms with Crippen LogP contribution in [-0.4, -0.2) is 42.2 Å². The minimum absolute atomic E-state index is 0.395. The number of benzene rings is 3. The molecule has 0 unspecified atom stereocenters. The Hall–Kier alpha value is -3.99. The van der Waals surface area contributed by atoms with E-state index in [0.29, 0.717) is 17.8 Å². The molecule has 0 bridgehead atoms. The molecule has 8 nitrogen and oxygen atoms in total. The molecule has 10 rings (SSSR count). The zero-order valence-corrected chi connectivity index (χ0v) is 31.4. The van der Waals surface area contributed by atoms with Crippen LogP contribution in [0.5, 0.6) is 0 Å². The van der Waals surface area contributed by atoms with E-state index >= 15 is 0 Å². The van der Waals surface area contributed by atoms with Gasteiger partial charge in [0, 0.05) is 38.5 Å². The van der Waals surface area contributed by atoms with Crippen molar-refractivity contribution in [2.24, 2.45) is 9.98 Å². The molecule has 1 aliphatic heterocycles. The average Bonchev–Trinajstić information content (AvgIpc) is 3.91. The van der Waals surface area contributed by atoms with E-state index in [1.165, 1.54) is 95.1 Å². The van der Waals surface area contributed by atoms with Gasteiger partial charge < -0.3 is 0 Å². The highest BCUT2D eigenvalue weighted by Gasteiger charge is 2.31. The molecule has 9 heteroatoms. The molecule has 51 heavy (non-hydrogen) atoms. The van der Waals surface area contributed by atoms with Gasteiger partial charge in [-0.1, -0.05) is 94.2 Å². The number of para-hydroxylation sites is 6. The summed E-state index contributed by atoms with van der Waals surface area (Å²) in [6.07, 6.45) is 18.5. The summed E-state index contributed by atoms with van der Waals surface area (Å²) in [6.45, 7) is 0. The van der Waals surface area contributed by atoms with Crippen LogP contribution in [-0.2, 0) is 0 Å². The highest BCUT2D eigenvalue weighted by molar-refractivity contribution is 14.2. The maximum absolute atomic E-state index is 5.67. The van der Waals surface area contributed by atoms with Crippen LogP contribution in [0, 0.1) is 0 Å². The minimum atomic E-state index is -0.833. The summed E-state index contributed by atoms with van der Waals surface area (Å²) < 4.78 is 9.45. The monoisotopic (exact) mass is 788 g/mol. The van der Waals surface area contributed by atoms with E-state index < -0.39 is 20.7 Å². The van der Waals surface area contributed by atoms with Gasteiger partial charge in [0.2, 0.25) is 5.96 Å². The van der Waals surface area contributed by atoms with Crippen molar-refractivity contribution < 1.29 is 0 Å². The Morgan fingerprint density at radius 1 is 0.431 bits per heavy atom. The van der Waals surface area contributed by atoms with Gasteiger partial charge in [-0.25, -0.2) is 15.0 Å². The van der Waals surface area contributed by atoms with Crippen molar-refractivity contribution in [1.29, 1.82) is 0 Å². The average molecular weight is 789 g/mol. The summed E-state index contributed by atoms with van der Waals surface area (Å²) in [4.78, 5) is 27.4. The molecule has 3 aromatic carbocycles. The van der Waals surface area contributed by atoms with Crippen molar-refractivity contribution in [3.8, 4) is 0 Å². The number of aliphatic imine (C=N–C) groups is 2. The number of hydrogen-bond acceptors (Lipinski definition) is 5. The molecule has 6 aromatic rings. The smallest absolute Gasteiger partial charge is 0.240 e. The van der Waals surface area contributed by atoms with Crippen LogP contribution in [0.15, 0.2) is 82.8 Å². The molecular weight excluding hydrogens is 743 g/mol. The van der Waals surface area contributed by atoms with Crippen LogP contribution >= 0.6 is 20.7 Å². The summed E-state index contributed by atoms with van der Waals surface area (Å²) in [5.41, 5.74) is 6.53. The Kier molecular flexibility index (Phi) is 8.41. The maximum atomic E-state index is 5.67. The molecule has 0 spiro atoms. The summed E-state index contributed by atoms with van der Waals surface area (Å²) in [5.74, 6) is 5.47. The zero-order valence-electron chi connectivity index (χ0n) is 29.2. The molecule has 0 amide bonds. The number of hydrogen-bond donors (Lipinski definition) is 0. The van der Waals surface area contributed by atoms with Crippen LogP contribution in [0.2, 0.25) is 0 Å². The number of fused-ring (bicyclic) bond motifs is 3. The summed E-state index contributed by atoms with van der Waals surface area (Å²) in [5, 5.41) is 0. The van der Waals surface area contributed by atoms with Gasteiger partial charge in [0.15, 0.2) is 7.60 Å². The summed E-state index contributed by atoms with van der Waals surface area (Å²) in [6, 6.07) is 26.0. The van der Waals surface area contributed by atoms with Crippen LogP contribution in [0.4, 0.5) is 0 Å². The van der Waals surface area contributed by atoms with Gasteiger partial charge in [0.1, 0.15) is 17.5 Å². The van der Waals surface area contributed by atoms with Crippen molar-refractivity contribution in [1.82, 2.24) is 28.7 Å². The summed E-state index contributed by atoms with van der Waals surface area (Å²) in [7, 11) is 0. The molecule has 4 aliphatic rings. The van der Waals surface area contributed by atoms with Gasteiger partial charge in [-0.3, -0.25) is 13.7 Å². The molecule has 3 fully saturated rings. The van der Waals surface area contributed by atoms with E-state index in [1.807, 2.05) is 0 Å². The first-order valence-electron chi connectivity index (χ1n) is 19.4. The molecular formula is C42H45IN8. The lowest BCUT2D eigenvalue weighted by atomic mass is 9.88. The van der Waals surface area contributed by atoms with Crippen LogP contribution < -0.4 is 0 Å². The molecule has 0 N–H and O–H groups in total. The Morgan fingerprint density at radius 2 is 0.824 bits per heavy atom. The molecule has 0 saturated heterocycles. The number of imidazole rings is 3. The van der Waals surface area contributed by atoms with E-state index in [0.717, 1.165) is 65.3 Å². The van der Waals surface area contributed by atoms with E-state index in [9.17, 15) is 0 Å². The molecule has 3 saturated carbocycles. The third-order valence-electron chi connectivity index (χ3n) is 11.8. The Morgan fingerprint density at radius 3 is 1.31 bits per heavy atom. The van der Waals surface area contributed by atoms with Gasteiger partial charge in [-0.05, 0) is 74.9 Å². The minimum Gasteiger partial charge on any atom is -0.275 e. The predicted molar refractivity (Wildman–Crippen MR) is 217 cm³/mol. The standard InChI is InChI=1S/C42H45IN8/c1-4-16-28(17-5-1)37-44-31-22-10-13-25-34(31)49(37)40-43-41(50-35-26-14-11-23-32(35)45-38(50)29-18-6-2-7-19-29)48-42(47-40)51-36-27-15-12-24-33(36)46-39(51)30-20-8-3-9-21-30/h10-15,22-30H,1-9,16-21H2. The van der Waals surface area contributed by atoms with E-state index in [2.05, 4.69) is 86.5 Å². The van der Waals surface area contributed by atoms with Crippen molar-refractivity contribution in [3.63, 3.8) is 0 Å². The largest absolute Gasteiger partial charge is 0.275 e. The number of aromatic nitrogens is 6. The first kappa shape index (κ1) is 31.7. The molecule has 3 aliphatic carbocycles. The van der Waals surface area contributed by atoms with Crippen LogP contribution in [0.3, 0.4) is 0 Å². The normalized spacial score (nSPS) is 20.0. The topological polar surface area (TPSA) is 78.2 Å². The quantitative estimate of drug-likeness (QED) is 0.167. The highest BCUT2D eigenvalue weighted by atomic mass is 127. The predicted octanol–water partition coefficient (Wildman–Crippen LogP) is 10.6. The second-order valence-corrected chi connectivity index (χ2v) is 17.5. The molecule has 260 valence electrons. The second-order valence-electron chi connectivity index (χ2n) is 15.0. The van der Waals surface area contributed by atoms with Crippen LogP contribution in [0.25, 0.3) is 33.1 Å². The van der Waals surface area contributed by atoms with Crippen molar-refractivity contribution in [2.45, 2.75) is 114 Å². The fourth-order valence-electron chi connectivity index (χ4n) is 9.23. The molecule has 0 radical (unpaired) electrons. The first-order valence-corrected chi connectivity index (χ1v) is 21.6. The number of nitrogens with zero attached hydrogens (tertiary/aromatic N) is 8. The van der Waals surface area contributed by atoms with Gasteiger partial charge >= 0.3 is 0 Å². The SMILES string of the molecule is c1ccc2c(c1)nc(C1CCCCC1)n2C1=NC(n2c(C3CCCCC3)nc3ccccc32)=IC(n2c(C3CCCCC3)nc3ccccc32)=N1. The van der Waals surface area contributed by atoms with Crippen molar-refractivity contribution in [3.05, 3.63) is 90.3 Å². The Balaban J connectivity index is 1.24. The van der Waals surface area contributed by atoms with E-state index in [4.69, 9.17) is 24.9 Å². The zero-order chi connectivity index (χ0) is 33.7. The first-order chi connectivity index (χ1) is 25.3. The lowest BCUT2D eigenvalue weighted by molar-refractivity contribution is 0.427. The van der Waals surface area contributed by atoms with Gasteiger partial charge in [-0.2, -0.15) is 9.98 Å². The lowest BCUT2D eigenvalue weighted by Crippen LogP contribution is -2.27. The Labute approximate surface area is 308 Å². The third kappa shape index (κ3) is 5.70. The van der Waals surface area contributed by atoms with Crippen molar-refractivity contribution in [2.75, 3.05) is 0 Å². The lowest BCUT2D eigenvalue weighted by Gasteiger charge is -2.26. The third-order valence-corrected chi connectivity index (χ3v) is 14.2. The summed E-state index contributed by atoms with van der Waals surface area (Å²) >= 11 is -0.833. The molecule has 3 aromatic heterocycles. The van der Waals surface area contributed by atoms with Crippen LogP contribution in [0.1, 0.15) is 132 Å². The molecule has 0 atom stereocenters. The van der Waals surface area contributed by atoms with Gasteiger partial charge in [-0.15, -0.1) is 0 Å². The number of rotatable bonds is 4. The van der Waals surface area contributed by atoms with Gasteiger partial charge in [0.05, 0.1) is 33.1 Å². The molecule has 4 heterocycles.